The third-order valence-electron chi connectivity index (χ3n) is 4.57. The summed E-state index contributed by atoms with van der Waals surface area (Å²) in [6.45, 7) is 2.01. The number of nitrogens with one attached hydrogen (secondary N) is 1. The van der Waals surface area contributed by atoms with E-state index in [4.69, 9.17) is 9.72 Å². The van der Waals surface area contributed by atoms with Crippen LogP contribution in [-0.2, 0) is 0 Å². The predicted octanol–water partition coefficient (Wildman–Crippen LogP) is 5.33. The zero-order chi connectivity index (χ0) is 19.7. The van der Waals surface area contributed by atoms with E-state index >= 15 is 0 Å². The van der Waals surface area contributed by atoms with Crippen LogP contribution in [-0.4, -0.2) is 22.4 Å². The molecular weight excluding hydrogens is 418 g/mol. The van der Waals surface area contributed by atoms with Gasteiger partial charge in [0.2, 0.25) is 0 Å². The lowest BCUT2D eigenvalue weighted by Crippen LogP contribution is -2.12. The van der Waals surface area contributed by atoms with Crippen molar-refractivity contribution in [3.05, 3.63) is 82.6 Å². The number of halogens is 1. The average Bonchev–Trinajstić information content (AvgIpc) is 3.04. The summed E-state index contributed by atoms with van der Waals surface area (Å²) in [4.78, 5) is 17.2. The van der Waals surface area contributed by atoms with E-state index in [-0.39, 0.29) is 5.91 Å². The smallest absolute Gasteiger partial charge is 0.255 e. The Labute approximate surface area is 171 Å². The van der Waals surface area contributed by atoms with Crippen molar-refractivity contribution in [3.63, 3.8) is 0 Å². The van der Waals surface area contributed by atoms with E-state index in [1.165, 1.54) is 0 Å². The Bertz CT molecular complexity index is 1170. The minimum atomic E-state index is -0.159. The number of aromatic nitrogens is 2. The highest BCUT2D eigenvalue weighted by Gasteiger charge is 2.12. The highest BCUT2D eigenvalue weighted by atomic mass is 79.9. The van der Waals surface area contributed by atoms with E-state index in [1.807, 2.05) is 66.1 Å². The molecule has 2 aromatic heterocycles. The van der Waals surface area contributed by atoms with Gasteiger partial charge in [-0.15, -0.1) is 0 Å². The maximum absolute atomic E-state index is 12.5. The number of hydrogen-bond donors (Lipinski definition) is 1. The van der Waals surface area contributed by atoms with Crippen LogP contribution in [0.15, 0.2) is 71.3 Å². The number of benzene rings is 2. The number of fused-ring (bicyclic) bond motifs is 1. The van der Waals surface area contributed by atoms with Crippen molar-refractivity contribution in [2.45, 2.75) is 6.92 Å². The molecule has 2 aromatic carbocycles. The first-order chi connectivity index (χ1) is 13.5. The third kappa shape index (κ3) is 3.51. The number of hydrogen-bond acceptors (Lipinski definition) is 3. The molecule has 0 unspecified atom stereocenters. The Morgan fingerprint density at radius 3 is 2.61 bits per heavy atom. The van der Waals surface area contributed by atoms with E-state index < -0.39 is 0 Å². The second-order valence-corrected chi connectivity index (χ2v) is 7.30. The molecule has 2 heterocycles. The van der Waals surface area contributed by atoms with Crippen molar-refractivity contribution >= 4 is 33.2 Å². The molecule has 0 atom stereocenters. The molecule has 0 aliphatic carbocycles. The molecule has 0 radical (unpaired) electrons. The summed E-state index contributed by atoms with van der Waals surface area (Å²) in [5.74, 6) is 0.650. The molecule has 0 bridgehead atoms. The highest BCUT2D eigenvalue weighted by Crippen LogP contribution is 2.27. The van der Waals surface area contributed by atoms with Gasteiger partial charge in [-0.3, -0.25) is 4.79 Å². The molecule has 0 aliphatic heterocycles. The van der Waals surface area contributed by atoms with Gasteiger partial charge in [0.05, 0.1) is 18.5 Å². The summed E-state index contributed by atoms with van der Waals surface area (Å²) >= 11 is 3.39. The summed E-state index contributed by atoms with van der Waals surface area (Å²) in [7, 11) is 1.65. The van der Waals surface area contributed by atoms with Crippen LogP contribution in [0.2, 0.25) is 0 Å². The molecule has 4 aromatic rings. The van der Waals surface area contributed by atoms with Gasteiger partial charge in [0, 0.05) is 27.5 Å². The Hall–Kier alpha value is -3.12. The van der Waals surface area contributed by atoms with Crippen LogP contribution >= 0.6 is 15.9 Å². The molecule has 1 N–H and O–H groups in total. The van der Waals surface area contributed by atoms with Gasteiger partial charge in [-0.05, 0) is 61.5 Å². The fourth-order valence-corrected chi connectivity index (χ4v) is 3.49. The number of nitrogens with zero attached hydrogens (tertiary/aromatic N) is 2. The van der Waals surface area contributed by atoms with Gasteiger partial charge >= 0.3 is 0 Å². The van der Waals surface area contributed by atoms with Crippen LogP contribution in [0.3, 0.4) is 0 Å². The summed E-state index contributed by atoms with van der Waals surface area (Å²) in [5, 5.41) is 2.94. The number of anilines is 1. The number of pyridine rings is 1. The van der Waals surface area contributed by atoms with E-state index in [0.717, 1.165) is 32.8 Å². The van der Waals surface area contributed by atoms with Gasteiger partial charge in [0.25, 0.3) is 5.91 Å². The maximum Gasteiger partial charge on any atom is 0.255 e. The molecule has 0 saturated carbocycles. The van der Waals surface area contributed by atoms with Crippen LogP contribution in [0.5, 0.6) is 5.75 Å². The lowest BCUT2D eigenvalue weighted by atomic mass is 10.1. The van der Waals surface area contributed by atoms with E-state index in [2.05, 4.69) is 21.2 Å². The van der Waals surface area contributed by atoms with E-state index in [0.29, 0.717) is 11.3 Å². The molecule has 0 saturated heterocycles. The van der Waals surface area contributed by atoms with Crippen molar-refractivity contribution in [2.24, 2.45) is 0 Å². The van der Waals surface area contributed by atoms with Gasteiger partial charge in [-0.2, -0.15) is 0 Å². The largest absolute Gasteiger partial charge is 0.497 e. The minimum absolute atomic E-state index is 0.159. The van der Waals surface area contributed by atoms with Crippen molar-refractivity contribution < 1.29 is 9.53 Å². The second-order valence-electron chi connectivity index (χ2n) is 6.38. The Balaban J connectivity index is 1.65. The molecule has 0 spiro atoms. The summed E-state index contributed by atoms with van der Waals surface area (Å²) in [6, 6.07) is 18.9. The highest BCUT2D eigenvalue weighted by molar-refractivity contribution is 9.10. The fraction of sp³-hybridized carbons (Fsp3) is 0.0909. The van der Waals surface area contributed by atoms with E-state index in [1.54, 1.807) is 19.2 Å². The molecule has 4 rings (SSSR count). The van der Waals surface area contributed by atoms with Crippen LogP contribution in [0.4, 0.5) is 5.69 Å². The Kier molecular flexibility index (Phi) is 4.88. The summed E-state index contributed by atoms with van der Waals surface area (Å²) in [6.07, 6.45) is 1.89. The van der Waals surface area contributed by atoms with Crippen molar-refractivity contribution in [1.29, 1.82) is 0 Å². The lowest BCUT2D eigenvalue weighted by molar-refractivity contribution is 0.102. The zero-order valence-electron chi connectivity index (χ0n) is 15.4. The average molecular weight is 436 g/mol. The van der Waals surface area contributed by atoms with Crippen LogP contribution in [0, 0.1) is 6.92 Å². The first-order valence-corrected chi connectivity index (χ1v) is 9.54. The number of rotatable bonds is 4. The first kappa shape index (κ1) is 18.3. The Morgan fingerprint density at radius 1 is 1.11 bits per heavy atom. The molecular formula is C22H18BrN3O2. The Morgan fingerprint density at radius 2 is 1.89 bits per heavy atom. The number of imidazole rings is 1. The van der Waals surface area contributed by atoms with E-state index in [9.17, 15) is 4.79 Å². The predicted molar refractivity (Wildman–Crippen MR) is 114 cm³/mol. The van der Waals surface area contributed by atoms with Gasteiger partial charge in [-0.25, -0.2) is 4.98 Å². The number of carbonyl (C=O) groups excluding carboxylic acids is 1. The third-order valence-corrected chi connectivity index (χ3v) is 5.06. The number of aryl methyl sites for hydroxylation is 1. The fourth-order valence-electron chi connectivity index (χ4n) is 3.09. The van der Waals surface area contributed by atoms with Crippen LogP contribution < -0.4 is 10.1 Å². The molecule has 6 heteroatoms. The quantitative estimate of drug-likeness (QED) is 0.470. The molecule has 1 amide bonds. The normalized spacial score (nSPS) is 10.8. The van der Waals surface area contributed by atoms with Crippen molar-refractivity contribution in [1.82, 2.24) is 9.38 Å². The van der Waals surface area contributed by atoms with Gasteiger partial charge in [0.1, 0.15) is 11.4 Å². The van der Waals surface area contributed by atoms with Crippen molar-refractivity contribution in [3.8, 4) is 17.0 Å². The topological polar surface area (TPSA) is 55.6 Å². The number of amides is 1. The monoisotopic (exact) mass is 435 g/mol. The number of carbonyl (C=O) groups is 1. The standard InChI is InChI=1S/C22H18BrN3O2/c1-14-21(15-6-9-19(28-2)10-7-15)25-20-11-8-18(13-26(14)20)24-22(27)16-4-3-5-17(23)12-16/h3-13H,1-2H3,(H,24,27). The summed E-state index contributed by atoms with van der Waals surface area (Å²) in [5.41, 5.74) is 5.04. The van der Waals surface area contributed by atoms with Gasteiger partial charge in [0.15, 0.2) is 0 Å². The molecule has 140 valence electrons. The van der Waals surface area contributed by atoms with Gasteiger partial charge in [-0.1, -0.05) is 22.0 Å². The van der Waals surface area contributed by atoms with Crippen LogP contribution in [0.25, 0.3) is 16.9 Å². The molecule has 0 fully saturated rings. The van der Waals surface area contributed by atoms with Crippen LogP contribution in [0.1, 0.15) is 16.1 Å². The minimum Gasteiger partial charge on any atom is -0.497 e. The summed E-state index contributed by atoms with van der Waals surface area (Å²) < 4.78 is 8.07. The molecule has 28 heavy (non-hydrogen) atoms. The van der Waals surface area contributed by atoms with Gasteiger partial charge < -0.3 is 14.5 Å². The first-order valence-electron chi connectivity index (χ1n) is 8.75. The zero-order valence-corrected chi connectivity index (χ0v) is 17.0. The molecule has 5 nitrogen and oxygen atoms in total. The van der Waals surface area contributed by atoms with Crippen molar-refractivity contribution in [2.75, 3.05) is 12.4 Å². The second kappa shape index (κ2) is 7.48. The lowest BCUT2D eigenvalue weighted by Gasteiger charge is -2.07. The SMILES string of the molecule is COc1ccc(-c2nc3ccc(NC(=O)c4cccc(Br)c4)cn3c2C)cc1. The molecule has 0 aliphatic rings. The number of methoxy groups -OCH3 is 1. The number of ether oxygens (including phenoxy) is 1. The maximum atomic E-state index is 12.5.